The van der Waals surface area contributed by atoms with E-state index in [-0.39, 0.29) is 12.0 Å². The molecule has 1 aliphatic carbocycles. The summed E-state index contributed by atoms with van der Waals surface area (Å²) in [6, 6.07) is 7.92. The average Bonchev–Trinajstić information content (AvgIpc) is 2.45. The van der Waals surface area contributed by atoms with E-state index in [1.807, 2.05) is 36.2 Å². The fraction of sp³-hybridized carbons (Fsp3) is 0.611. The van der Waals surface area contributed by atoms with E-state index in [2.05, 4.69) is 6.92 Å². The van der Waals surface area contributed by atoms with E-state index in [1.54, 1.807) is 0 Å². The van der Waals surface area contributed by atoms with Gasteiger partial charge in [-0.05, 0) is 37.5 Å². The molecule has 1 amide bonds. The molecule has 3 heteroatoms. The first-order valence-corrected chi connectivity index (χ1v) is 8.21. The second-order valence-electron chi connectivity index (χ2n) is 6.34. The number of nitrogen functional groups attached to an aromatic ring is 1. The van der Waals surface area contributed by atoms with E-state index >= 15 is 0 Å². The Balaban J connectivity index is 2.03. The van der Waals surface area contributed by atoms with Gasteiger partial charge in [-0.25, -0.2) is 0 Å². The predicted molar refractivity (Wildman–Crippen MR) is 87.8 cm³/mol. The van der Waals surface area contributed by atoms with Crippen LogP contribution in [0.3, 0.4) is 0 Å². The van der Waals surface area contributed by atoms with Gasteiger partial charge in [0.15, 0.2) is 0 Å². The van der Waals surface area contributed by atoms with Gasteiger partial charge in [-0.3, -0.25) is 4.79 Å². The Labute approximate surface area is 128 Å². The van der Waals surface area contributed by atoms with Crippen LogP contribution in [0.15, 0.2) is 24.3 Å². The number of nitrogens with zero attached hydrogens (tertiary/aromatic N) is 1. The molecule has 1 atom stereocenters. The van der Waals surface area contributed by atoms with Crippen LogP contribution in [0.2, 0.25) is 0 Å². The summed E-state index contributed by atoms with van der Waals surface area (Å²) >= 11 is 0. The van der Waals surface area contributed by atoms with Crippen molar-refractivity contribution in [3.63, 3.8) is 0 Å². The molecule has 21 heavy (non-hydrogen) atoms. The Morgan fingerprint density at radius 1 is 1.19 bits per heavy atom. The summed E-state index contributed by atoms with van der Waals surface area (Å²) < 4.78 is 0. The molecule has 0 spiro atoms. The van der Waals surface area contributed by atoms with Crippen molar-refractivity contribution in [3.8, 4) is 0 Å². The highest BCUT2D eigenvalue weighted by atomic mass is 16.2. The molecular formula is C18H28N2O. The lowest BCUT2D eigenvalue weighted by Gasteiger charge is -2.30. The van der Waals surface area contributed by atoms with E-state index < -0.39 is 0 Å². The minimum Gasteiger partial charge on any atom is -0.399 e. The number of hydrogen-bond donors (Lipinski definition) is 1. The quantitative estimate of drug-likeness (QED) is 0.849. The van der Waals surface area contributed by atoms with Crippen molar-refractivity contribution < 1.29 is 4.79 Å². The molecule has 2 N–H and O–H groups in total. The van der Waals surface area contributed by atoms with Gasteiger partial charge in [-0.1, -0.05) is 44.2 Å². The third-order valence-corrected chi connectivity index (χ3v) is 4.78. The summed E-state index contributed by atoms with van der Waals surface area (Å²) in [5.41, 5.74) is 7.71. The molecule has 3 nitrogen and oxygen atoms in total. The van der Waals surface area contributed by atoms with Crippen LogP contribution in [-0.2, 0) is 4.79 Å². The molecule has 1 saturated carbocycles. The molecule has 2 rings (SSSR count). The van der Waals surface area contributed by atoms with Crippen LogP contribution in [0, 0.1) is 5.92 Å². The lowest BCUT2D eigenvalue weighted by atomic mass is 9.89. The van der Waals surface area contributed by atoms with Crippen LogP contribution in [0.4, 0.5) is 5.69 Å². The van der Waals surface area contributed by atoms with Crippen molar-refractivity contribution >= 4 is 11.6 Å². The molecule has 0 saturated heterocycles. The van der Waals surface area contributed by atoms with Crippen molar-refractivity contribution in [1.29, 1.82) is 0 Å². The van der Waals surface area contributed by atoms with Crippen molar-refractivity contribution in [2.45, 2.75) is 57.9 Å². The molecule has 1 unspecified atom stereocenters. The maximum atomic E-state index is 12.8. The highest BCUT2D eigenvalue weighted by molar-refractivity contribution is 5.79. The van der Waals surface area contributed by atoms with Gasteiger partial charge in [0.2, 0.25) is 5.91 Å². The summed E-state index contributed by atoms with van der Waals surface area (Å²) in [4.78, 5) is 14.7. The highest BCUT2D eigenvalue weighted by Gasteiger charge is 2.25. The Hall–Kier alpha value is -1.51. The van der Waals surface area contributed by atoms with Crippen molar-refractivity contribution in [2.75, 3.05) is 12.8 Å². The van der Waals surface area contributed by atoms with E-state index in [9.17, 15) is 4.79 Å². The molecule has 1 aromatic rings. The third-order valence-electron chi connectivity index (χ3n) is 4.78. The lowest BCUT2D eigenvalue weighted by molar-refractivity contribution is -0.136. The normalized spacial score (nSPS) is 18.6. The van der Waals surface area contributed by atoms with Gasteiger partial charge >= 0.3 is 0 Å². The number of carbonyl (C=O) groups excluding carboxylic acids is 1. The standard InChI is InChI=1S/C18H28N2O/c1-14(16-11-8-12-17(19)13-16)20(2)18(21)15-9-6-4-3-5-7-10-15/h8,11-15H,3-7,9-10,19H2,1-2H3. The molecule has 1 aromatic carbocycles. The molecule has 1 fully saturated rings. The van der Waals surface area contributed by atoms with Crippen molar-refractivity contribution in [1.82, 2.24) is 4.90 Å². The number of nitrogens with two attached hydrogens (primary N) is 1. The number of hydrogen-bond acceptors (Lipinski definition) is 2. The van der Waals surface area contributed by atoms with E-state index in [1.165, 1.54) is 32.1 Å². The number of benzene rings is 1. The van der Waals surface area contributed by atoms with Gasteiger partial charge in [0.25, 0.3) is 0 Å². The molecule has 0 aliphatic heterocycles. The molecule has 116 valence electrons. The summed E-state index contributed by atoms with van der Waals surface area (Å²) in [6.07, 6.45) is 8.36. The Kier molecular flexibility index (Phi) is 5.66. The first-order chi connectivity index (χ1) is 10.1. The minimum absolute atomic E-state index is 0.0754. The predicted octanol–water partition coefficient (Wildman–Crippen LogP) is 4.15. The first kappa shape index (κ1) is 15.9. The molecule has 0 heterocycles. The van der Waals surface area contributed by atoms with Gasteiger partial charge in [0.05, 0.1) is 6.04 Å². The van der Waals surface area contributed by atoms with E-state index in [0.29, 0.717) is 5.91 Å². The molecular weight excluding hydrogens is 260 g/mol. The number of amides is 1. The van der Waals surface area contributed by atoms with Crippen molar-refractivity contribution in [3.05, 3.63) is 29.8 Å². The van der Waals surface area contributed by atoms with Crippen LogP contribution < -0.4 is 5.73 Å². The Bertz CT molecular complexity index is 464. The van der Waals surface area contributed by atoms with Crippen LogP contribution >= 0.6 is 0 Å². The first-order valence-electron chi connectivity index (χ1n) is 8.21. The molecule has 0 bridgehead atoms. The zero-order valence-corrected chi connectivity index (χ0v) is 13.3. The van der Waals surface area contributed by atoms with Gasteiger partial charge in [0.1, 0.15) is 0 Å². The minimum atomic E-state index is 0.0754. The monoisotopic (exact) mass is 288 g/mol. The Morgan fingerprint density at radius 3 is 2.43 bits per heavy atom. The van der Waals surface area contributed by atoms with Gasteiger partial charge in [-0.15, -0.1) is 0 Å². The van der Waals surface area contributed by atoms with E-state index in [4.69, 9.17) is 5.73 Å². The largest absolute Gasteiger partial charge is 0.399 e. The SMILES string of the molecule is CC(c1cccc(N)c1)N(C)C(=O)C1CCCCCCC1. The maximum absolute atomic E-state index is 12.8. The number of rotatable bonds is 3. The fourth-order valence-corrected chi connectivity index (χ4v) is 3.22. The smallest absolute Gasteiger partial charge is 0.225 e. The highest BCUT2D eigenvalue weighted by Crippen LogP contribution is 2.27. The van der Waals surface area contributed by atoms with Crippen molar-refractivity contribution in [2.24, 2.45) is 5.92 Å². The summed E-state index contributed by atoms with van der Waals surface area (Å²) in [5, 5.41) is 0. The Morgan fingerprint density at radius 2 is 1.81 bits per heavy atom. The number of anilines is 1. The summed E-state index contributed by atoms with van der Waals surface area (Å²) in [6.45, 7) is 2.08. The molecule has 1 aliphatic rings. The maximum Gasteiger partial charge on any atom is 0.225 e. The summed E-state index contributed by atoms with van der Waals surface area (Å²) in [5.74, 6) is 0.505. The zero-order chi connectivity index (χ0) is 15.2. The average molecular weight is 288 g/mol. The van der Waals surface area contributed by atoms with Gasteiger partial charge < -0.3 is 10.6 Å². The van der Waals surface area contributed by atoms with Crippen LogP contribution in [0.5, 0.6) is 0 Å². The zero-order valence-electron chi connectivity index (χ0n) is 13.3. The van der Waals surface area contributed by atoms with Gasteiger partial charge in [-0.2, -0.15) is 0 Å². The van der Waals surface area contributed by atoms with Gasteiger partial charge in [0, 0.05) is 18.7 Å². The molecule has 0 radical (unpaired) electrons. The molecule has 0 aromatic heterocycles. The van der Waals surface area contributed by atoms with E-state index in [0.717, 1.165) is 24.1 Å². The summed E-state index contributed by atoms with van der Waals surface area (Å²) in [7, 11) is 1.93. The van der Waals surface area contributed by atoms with Crippen LogP contribution in [0.1, 0.15) is 63.5 Å². The van der Waals surface area contributed by atoms with Crippen LogP contribution in [-0.4, -0.2) is 17.9 Å². The lowest BCUT2D eigenvalue weighted by Crippen LogP contribution is -2.35. The van der Waals surface area contributed by atoms with Crippen LogP contribution in [0.25, 0.3) is 0 Å². The number of carbonyl (C=O) groups is 1. The third kappa shape index (κ3) is 4.23. The second kappa shape index (κ2) is 7.48. The fourth-order valence-electron chi connectivity index (χ4n) is 3.22. The second-order valence-corrected chi connectivity index (χ2v) is 6.34. The topological polar surface area (TPSA) is 46.3 Å².